The van der Waals surface area contributed by atoms with Crippen LogP contribution in [0.25, 0.3) is 0 Å². The number of aliphatic hydroxyl groups is 1. The maximum Gasteiger partial charge on any atom is 0.194 e. The van der Waals surface area contributed by atoms with Crippen LogP contribution in [0.4, 0.5) is 5.69 Å². The zero-order chi connectivity index (χ0) is 17.1. The Labute approximate surface area is 145 Å². The summed E-state index contributed by atoms with van der Waals surface area (Å²) in [4.78, 5) is 8.65. The maximum atomic E-state index is 10.3. The minimum absolute atomic E-state index is 0.230. The molecule has 0 radical (unpaired) electrons. The van der Waals surface area contributed by atoms with Crippen molar-refractivity contribution in [3.8, 4) is 10.8 Å². The van der Waals surface area contributed by atoms with Crippen molar-refractivity contribution < 1.29 is 15.3 Å². The Morgan fingerprint density at radius 1 is 1.17 bits per heavy atom. The Morgan fingerprint density at radius 2 is 1.88 bits per heavy atom. The van der Waals surface area contributed by atoms with E-state index in [1.807, 2.05) is 18.2 Å². The summed E-state index contributed by atoms with van der Waals surface area (Å²) in [6.45, 7) is 5.68. The molecular formula is C17H23N3O3S. The zero-order valence-corrected chi connectivity index (χ0v) is 14.5. The fraction of sp³-hybridized carbons (Fsp3) is 0.471. The summed E-state index contributed by atoms with van der Waals surface area (Å²) < 4.78 is 0. The number of aliphatic hydroxyl groups excluding tert-OH is 1. The summed E-state index contributed by atoms with van der Waals surface area (Å²) in [5, 5.41) is 30.8. The number of aromatic hydroxyl groups is 2. The second kappa shape index (κ2) is 7.38. The van der Waals surface area contributed by atoms with Gasteiger partial charge in [-0.25, -0.2) is 4.98 Å². The van der Waals surface area contributed by atoms with Crippen molar-refractivity contribution in [2.24, 2.45) is 0 Å². The van der Waals surface area contributed by atoms with E-state index in [1.54, 1.807) is 13.0 Å². The Bertz CT molecular complexity index is 664. The molecule has 3 rings (SSSR count). The third kappa shape index (κ3) is 3.98. The minimum atomic E-state index is -0.494. The van der Waals surface area contributed by atoms with E-state index in [2.05, 4.69) is 14.8 Å². The molecule has 0 bridgehead atoms. The average molecular weight is 349 g/mol. The topological polar surface area (TPSA) is 80.1 Å². The van der Waals surface area contributed by atoms with Gasteiger partial charge in [0.15, 0.2) is 5.06 Å². The molecule has 1 aromatic carbocycles. The number of benzene rings is 1. The molecule has 0 amide bonds. The Hall–Kier alpha value is -1.83. The van der Waals surface area contributed by atoms with Gasteiger partial charge in [0.05, 0.1) is 22.5 Å². The molecule has 0 spiro atoms. The molecule has 2 heterocycles. The number of rotatable bonds is 5. The molecule has 1 aliphatic heterocycles. The van der Waals surface area contributed by atoms with Crippen LogP contribution in [-0.4, -0.2) is 64.0 Å². The highest BCUT2D eigenvalue weighted by Gasteiger charge is 2.21. The number of aromatic nitrogens is 1. The van der Waals surface area contributed by atoms with Crippen molar-refractivity contribution in [3.05, 3.63) is 35.0 Å². The van der Waals surface area contributed by atoms with Gasteiger partial charge in [0.25, 0.3) is 0 Å². The van der Waals surface area contributed by atoms with Crippen LogP contribution in [0.5, 0.6) is 10.8 Å². The lowest BCUT2D eigenvalue weighted by Crippen LogP contribution is -2.48. The molecule has 1 aromatic heterocycles. The Balaban J connectivity index is 1.49. The molecule has 24 heavy (non-hydrogen) atoms. The van der Waals surface area contributed by atoms with Gasteiger partial charge in [-0.2, -0.15) is 0 Å². The van der Waals surface area contributed by atoms with Crippen LogP contribution in [0, 0.1) is 6.92 Å². The lowest BCUT2D eigenvalue weighted by molar-refractivity contribution is 0.109. The smallest absolute Gasteiger partial charge is 0.194 e. The van der Waals surface area contributed by atoms with Gasteiger partial charge < -0.3 is 20.2 Å². The van der Waals surface area contributed by atoms with Crippen LogP contribution in [-0.2, 0) is 6.42 Å². The van der Waals surface area contributed by atoms with Crippen LogP contribution in [0.1, 0.15) is 10.7 Å². The predicted octanol–water partition coefficient (Wildman–Crippen LogP) is 1.59. The lowest BCUT2D eigenvalue weighted by atomic mass is 10.2. The highest BCUT2D eigenvalue weighted by Crippen LogP contribution is 2.28. The van der Waals surface area contributed by atoms with Crippen LogP contribution >= 0.6 is 11.3 Å². The van der Waals surface area contributed by atoms with Gasteiger partial charge in [-0.1, -0.05) is 23.5 Å². The number of para-hydroxylation sites is 2. The molecule has 3 N–H and O–H groups in total. The van der Waals surface area contributed by atoms with E-state index in [4.69, 9.17) is 0 Å². The molecule has 2 aromatic rings. The van der Waals surface area contributed by atoms with Crippen molar-refractivity contribution >= 4 is 17.0 Å². The van der Waals surface area contributed by atoms with Gasteiger partial charge in [-0.3, -0.25) is 4.90 Å². The van der Waals surface area contributed by atoms with E-state index in [0.717, 1.165) is 36.9 Å². The van der Waals surface area contributed by atoms with E-state index >= 15 is 0 Å². The molecule has 1 unspecified atom stereocenters. The second-order valence-corrected chi connectivity index (χ2v) is 7.19. The van der Waals surface area contributed by atoms with E-state index in [1.165, 1.54) is 11.3 Å². The minimum Gasteiger partial charge on any atom is -0.506 e. The zero-order valence-electron chi connectivity index (χ0n) is 13.7. The van der Waals surface area contributed by atoms with Crippen molar-refractivity contribution in [2.75, 3.05) is 37.6 Å². The van der Waals surface area contributed by atoms with Crippen LogP contribution in [0.15, 0.2) is 24.3 Å². The number of anilines is 1. The van der Waals surface area contributed by atoms with Gasteiger partial charge >= 0.3 is 0 Å². The number of piperazine rings is 1. The summed E-state index contributed by atoms with van der Waals surface area (Å²) in [6.07, 6.45) is -0.0298. The molecular weight excluding hydrogens is 326 g/mol. The summed E-state index contributed by atoms with van der Waals surface area (Å²) in [6, 6.07) is 7.38. The lowest BCUT2D eigenvalue weighted by Gasteiger charge is -2.37. The van der Waals surface area contributed by atoms with Crippen LogP contribution in [0.2, 0.25) is 0 Å². The van der Waals surface area contributed by atoms with Crippen molar-refractivity contribution in [3.63, 3.8) is 0 Å². The summed E-state index contributed by atoms with van der Waals surface area (Å²) in [5.41, 5.74) is 1.49. The summed E-state index contributed by atoms with van der Waals surface area (Å²) in [5.74, 6) is 0.310. The molecule has 1 atom stereocenters. The monoisotopic (exact) mass is 349 g/mol. The number of aryl methyl sites for hydroxylation is 1. The van der Waals surface area contributed by atoms with Gasteiger partial charge in [0, 0.05) is 39.1 Å². The van der Waals surface area contributed by atoms with E-state index in [-0.39, 0.29) is 5.06 Å². The third-order valence-corrected chi connectivity index (χ3v) is 5.27. The molecule has 1 fully saturated rings. The first-order valence-corrected chi connectivity index (χ1v) is 8.93. The Kier molecular flexibility index (Phi) is 5.23. The number of phenols is 1. The third-order valence-electron chi connectivity index (χ3n) is 4.29. The largest absolute Gasteiger partial charge is 0.506 e. The molecule has 0 saturated carbocycles. The molecule has 1 saturated heterocycles. The number of hydrogen-bond donors (Lipinski definition) is 3. The number of nitrogens with zero attached hydrogens (tertiary/aromatic N) is 3. The fourth-order valence-electron chi connectivity index (χ4n) is 3.00. The van der Waals surface area contributed by atoms with Crippen LogP contribution < -0.4 is 4.90 Å². The fourth-order valence-corrected chi connectivity index (χ4v) is 3.87. The molecule has 130 valence electrons. The number of phenolic OH excluding ortho intramolecular Hbond substituents is 1. The van der Waals surface area contributed by atoms with Crippen molar-refractivity contribution in [1.82, 2.24) is 9.88 Å². The van der Waals surface area contributed by atoms with Crippen molar-refractivity contribution in [2.45, 2.75) is 19.4 Å². The normalized spacial score (nSPS) is 17.2. The molecule has 7 heteroatoms. The van der Waals surface area contributed by atoms with Crippen LogP contribution in [0.3, 0.4) is 0 Å². The predicted molar refractivity (Wildman–Crippen MR) is 95.0 cm³/mol. The second-order valence-electron chi connectivity index (χ2n) is 6.13. The van der Waals surface area contributed by atoms with Gasteiger partial charge in [0.1, 0.15) is 5.75 Å². The van der Waals surface area contributed by atoms with E-state index < -0.39 is 6.10 Å². The first kappa shape index (κ1) is 17.0. The quantitative estimate of drug-likeness (QED) is 0.761. The van der Waals surface area contributed by atoms with E-state index in [9.17, 15) is 15.3 Å². The molecule has 1 aliphatic rings. The molecule has 0 aliphatic carbocycles. The summed E-state index contributed by atoms with van der Waals surface area (Å²) >= 11 is 1.23. The maximum absolute atomic E-state index is 10.3. The highest BCUT2D eigenvalue weighted by atomic mass is 32.1. The van der Waals surface area contributed by atoms with E-state index in [0.29, 0.717) is 24.4 Å². The number of β-amino-alcohol motifs (C(OH)–C–C–N with tert-alkyl or cyclic N) is 1. The molecule has 6 nitrogen and oxygen atoms in total. The SMILES string of the molecule is Cc1nc(CC(O)CN2CCN(c3ccccc3O)CC2)sc1O. The first-order valence-electron chi connectivity index (χ1n) is 8.11. The number of hydrogen-bond acceptors (Lipinski definition) is 7. The van der Waals surface area contributed by atoms with Gasteiger partial charge in [0.2, 0.25) is 0 Å². The number of thiazole rings is 1. The Morgan fingerprint density at radius 3 is 2.50 bits per heavy atom. The van der Waals surface area contributed by atoms with Crippen molar-refractivity contribution in [1.29, 1.82) is 0 Å². The standard InChI is InChI=1S/C17H23N3O3S/c1-12-17(23)24-16(18-12)10-13(21)11-19-6-8-20(9-7-19)14-4-2-3-5-15(14)22/h2-5,13,21-23H,6-11H2,1H3. The average Bonchev–Trinajstić information content (AvgIpc) is 2.86. The van der Waals surface area contributed by atoms with Gasteiger partial charge in [-0.05, 0) is 19.1 Å². The highest BCUT2D eigenvalue weighted by molar-refractivity contribution is 7.13. The summed E-state index contributed by atoms with van der Waals surface area (Å²) in [7, 11) is 0. The first-order chi connectivity index (χ1) is 11.5. The van der Waals surface area contributed by atoms with Gasteiger partial charge in [-0.15, -0.1) is 0 Å².